The lowest BCUT2D eigenvalue weighted by Crippen LogP contribution is -2.58. The highest BCUT2D eigenvalue weighted by atomic mass is 35.5. The van der Waals surface area contributed by atoms with Crippen molar-refractivity contribution >= 4 is 30.7 Å². The minimum Gasteiger partial charge on any atom is -0.352 e. The number of nitrogens with zero attached hydrogens (tertiary/aromatic N) is 1. The van der Waals surface area contributed by atoms with Crippen LogP contribution in [0.3, 0.4) is 0 Å². The second-order valence-corrected chi connectivity index (χ2v) is 6.05. The Morgan fingerprint density at radius 3 is 2.33 bits per heavy atom. The summed E-state index contributed by atoms with van der Waals surface area (Å²) in [4.78, 5) is 14.7. The molecule has 1 heterocycles. The maximum Gasteiger partial charge on any atom is 0.240 e. The number of hydrogen-bond donors (Lipinski definition) is 2. The van der Waals surface area contributed by atoms with Crippen molar-refractivity contribution in [3.05, 3.63) is 12.7 Å². The molecule has 0 aromatic carbocycles. The predicted octanol–water partition coefficient (Wildman–Crippen LogP) is 2.26. The second kappa shape index (κ2) is 9.67. The van der Waals surface area contributed by atoms with E-state index in [0.717, 1.165) is 58.2 Å². The van der Waals surface area contributed by atoms with E-state index in [1.54, 1.807) is 0 Å². The van der Waals surface area contributed by atoms with E-state index in [-0.39, 0.29) is 30.7 Å². The van der Waals surface area contributed by atoms with Gasteiger partial charge in [-0.05, 0) is 25.7 Å². The van der Waals surface area contributed by atoms with Crippen LogP contribution in [0, 0.1) is 0 Å². The van der Waals surface area contributed by atoms with Crippen molar-refractivity contribution in [3.8, 4) is 0 Å². The van der Waals surface area contributed by atoms with Gasteiger partial charge in [0.1, 0.15) is 0 Å². The van der Waals surface area contributed by atoms with Crippen LogP contribution in [0.5, 0.6) is 0 Å². The van der Waals surface area contributed by atoms with Crippen LogP contribution in [0.15, 0.2) is 12.7 Å². The third-order valence-electron chi connectivity index (χ3n) is 4.51. The summed E-state index contributed by atoms with van der Waals surface area (Å²) in [5, 5.41) is 3.18. The molecule has 2 aliphatic rings. The Balaban J connectivity index is 0.00000200. The fourth-order valence-corrected chi connectivity index (χ4v) is 3.18. The van der Waals surface area contributed by atoms with Crippen LogP contribution in [0.25, 0.3) is 0 Å². The third kappa shape index (κ3) is 5.78. The van der Waals surface area contributed by atoms with Crippen molar-refractivity contribution in [2.75, 3.05) is 19.6 Å². The predicted molar refractivity (Wildman–Crippen MR) is 92.3 cm³/mol. The molecule has 1 saturated carbocycles. The van der Waals surface area contributed by atoms with E-state index in [1.807, 2.05) is 6.08 Å². The number of amides is 1. The van der Waals surface area contributed by atoms with Crippen LogP contribution in [0.4, 0.5) is 0 Å². The van der Waals surface area contributed by atoms with Gasteiger partial charge >= 0.3 is 0 Å². The number of carbonyl (C=O) groups excluding carboxylic acids is 1. The van der Waals surface area contributed by atoms with E-state index in [0.29, 0.717) is 6.04 Å². The molecule has 4 nitrogen and oxygen atoms in total. The van der Waals surface area contributed by atoms with Crippen LogP contribution in [-0.4, -0.2) is 42.0 Å². The van der Waals surface area contributed by atoms with Gasteiger partial charge in [-0.2, -0.15) is 0 Å². The molecular formula is C15H29Cl2N3O. The largest absolute Gasteiger partial charge is 0.352 e. The van der Waals surface area contributed by atoms with Gasteiger partial charge in [0.25, 0.3) is 0 Å². The van der Waals surface area contributed by atoms with Crippen molar-refractivity contribution in [2.45, 2.75) is 56.5 Å². The van der Waals surface area contributed by atoms with Crippen LogP contribution in [0.2, 0.25) is 0 Å². The molecule has 1 aliphatic carbocycles. The van der Waals surface area contributed by atoms with Crippen LogP contribution in [0.1, 0.15) is 44.9 Å². The van der Waals surface area contributed by atoms with E-state index in [1.165, 1.54) is 6.42 Å². The number of nitrogens with one attached hydrogen (secondary N) is 1. The summed E-state index contributed by atoms with van der Waals surface area (Å²) in [6, 6.07) is 0.302. The Labute approximate surface area is 140 Å². The lowest BCUT2D eigenvalue weighted by Gasteiger charge is -2.36. The molecule has 0 aromatic heterocycles. The first-order valence-electron chi connectivity index (χ1n) is 7.57. The normalized spacial score (nSPS) is 22.5. The first-order chi connectivity index (χ1) is 9.14. The summed E-state index contributed by atoms with van der Waals surface area (Å²) in [5.74, 6) is 0.0781. The molecule has 0 bridgehead atoms. The summed E-state index contributed by atoms with van der Waals surface area (Å²) >= 11 is 0. The number of hydrogen-bond acceptors (Lipinski definition) is 3. The highest BCUT2D eigenvalue weighted by molar-refractivity contribution is 5.86. The van der Waals surface area contributed by atoms with Crippen molar-refractivity contribution < 1.29 is 4.79 Å². The molecule has 0 spiro atoms. The highest BCUT2D eigenvalue weighted by Crippen LogP contribution is 2.26. The lowest BCUT2D eigenvalue weighted by molar-refractivity contribution is -0.128. The minimum absolute atomic E-state index is 0. The molecule has 2 rings (SSSR count). The Morgan fingerprint density at radius 1 is 1.24 bits per heavy atom. The lowest BCUT2D eigenvalue weighted by atomic mass is 9.81. The van der Waals surface area contributed by atoms with Gasteiger partial charge in [0, 0.05) is 25.7 Å². The average molecular weight is 338 g/mol. The van der Waals surface area contributed by atoms with E-state index < -0.39 is 5.54 Å². The maximum absolute atomic E-state index is 12.3. The smallest absolute Gasteiger partial charge is 0.240 e. The zero-order chi connectivity index (χ0) is 13.7. The fraction of sp³-hybridized carbons (Fsp3) is 0.800. The van der Waals surface area contributed by atoms with Crippen LogP contribution in [-0.2, 0) is 4.79 Å². The molecule has 6 heteroatoms. The number of piperidine rings is 1. The summed E-state index contributed by atoms with van der Waals surface area (Å²) in [5.41, 5.74) is 5.66. The molecule has 3 N–H and O–H groups in total. The molecule has 1 amide bonds. The van der Waals surface area contributed by atoms with Crippen molar-refractivity contribution in [1.29, 1.82) is 0 Å². The maximum atomic E-state index is 12.3. The Hall–Kier alpha value is -0.290. The van der Waals surface area contributed by atoms with Gasteiger partial charge in [-0.1, -0.05) is 25.3 Å². The zero-order valence-electron chi connectivity index (χ0n) is 12.7. The molecule has 1 saturated heterocycles. The van der Waals surface area contributed by atoms with Gasteiger partial charge in [0.05, 0.1) is 5.54 Å². The minimum atomic E-state index is -0.601. The van der Waals surface area contributed by atoms with Crippen molar-refractivity contribution in [2.24, 2.45) is 5.73 Å². The molecule has 2 fully saturated rings. The first kappa shape index (κ1) is 20.7. The van der Waals surface area contributed by atoms with E-state index in [4.69, 9.17) is 5.73 Å². The first-order valence-corrected chi connectivity index (χ1v) is 7.57. The second-order valence-electron chi connectivity index (χ2n) is 6.05. The van der Waals surface area contributed by atoms with Crippen molar-refractivity contribution in [1.82, 2.24) is 10.2 Å². The van der Waals surface area contributed by atoms with E-state index in [9.17, 15) is 4.79 Å². The molecule has 0 aromatic rings. The molecule has 0 radical (unpaired) electrons. The molecule has 124 valence electrons. The molecule has 21 heavy (non-hydrogen) atoms. The quantitative estimate of drug-likeness (QED) is 0.773. The fourth-order valence-electron chi connectivity index (χ4n) is 3.18. The van der Waals surface area contributed by atoms with Gasteiger partial charge in [-0.25, -0.2) is 0 Å². The number of nitrogens with two attached hydrogens (primary N) is 1. The van der Waals surface area contributed by atoms with E-state index in [2.05, 4.69) is 16.8 Å². The SMILES string of the molecule is C=CCN1CCC(NC(=O)C2(N)CCCCC2)CC1.Cl.Cl. The number of likely N-dealkylation sites (tertiary alicyclic amines) is 1. The van der Waals surface area contributed by atoms with Gasteiger partial charge in [-0.15, -0.1) is 31.4 Å². The highest BCUT2D eigenvalue weighted by Gasteiger charge is 2.36. The Kier molecular flexibility index (Phi) is 9.54. The Bertz CT molecular complexity index is 325. The number of carbonyl (C=O) groups is 1. The molecule has 1 aliphatic heterocycles. The van der Waals surface area contributed by atoms with Gasteiger partial charge in [-0.3, -0.25) is 9.69 Å². The zero-order valence-corrected chi connectivity index (χ0v) is 14.3. The summed E-state index contributed by atoms with van der Waals surface area (Å²) in [7, 11) is 0. The third-order valence-corrected chi connectivity index (χ3v) is 4.51. The summed E-state index contributed by atoms with van der Waals surface area (Å²) in [6.07, 6.45) is 9.05. The van der Waals surface area contributed by atoms with Gasteiger partial charge < -0.3 is 11.1 Å². The summed E-state index contributed by atoms with van der Waals surface area (Å²) in [6.45, 7) is 6.78. The summed E-state index contributed by atoms with van der Waals surface area (Å²) < 4.78 is 0. The van der Waals surface area contributed by atoms with Crippen LogP contribution >= 0.6 is 24.8 Å². The van der Waals surface area contributed by atoms with Gasteiger partial charge in [0.2, 0.25) is 5.91 Å². The topological polar surface area (TPSA) is 58.4 Å². The van der Waals surface area contributed by atoms with Crippen LogP contribution < -0.4 is 11.1 Å². The standard InChI is InChI=1S/C15H27N3O.2ClH/c1-2-10-18-11-6-13(7-12-18)17-14(19)15(16)8-4-3-5-9-15;;/h2,13H,1,3-12,16H2,(H,17,19);2*1H. The molecule has 0 atom stereocenters. The monoisotopic (exact) mass is 337 g/mol. The molecular weight excluding hydrogens is 309 g/mol. The van der Waals surface area contributed by atoms with Crippen molar-refractivity contribution in [3.63, 3.8) is 0 Å². The molecule has 0 unspecified atom stereocenters. The number of rotatable bonds is 4. The van der Waals surface area contributed by atoms with Gasteiger partial charge in [0.15, 0.2) is 0 Å². The number of halogens is 2. The van der Waals surface area contributed by atoms with E-state index >= 15 is 0 Å². The average Bonchev–Trinajstić information content (AvgIpc) is 2.42. The Morgan fingerprint density at radius 2 is 1.81 bits per heavy atom.